The van der Waals surface area contributed by atoms with Crippen LogP contribution in [-0.2, 0) is 10.8 Å². The maximum Gasteiger partial charge on any atom is 0.0431 e. The molecule has 0 aromatic heterocycles. The van der Waals surface area contributed by atoms with Gasteiger partial charge in [-0.3, -0.25) is 0 Å². The second kappa shape index (κ2) is 9.59. The summed E-state index contributed by atoms with van der Waals surface area (Å²) in [5.41, 5.74) is 4.22. The van der Waals surface area contributed by atoms with Crippen LogP contribution in [0.3, 0.4) is 0 Å². The first kappa shape index (κ1) is 22.0. The van der Waals surface area contributed by atoms with Crippen molar-refractivity contribution in [1.82, 2.24) is 0 Å². The molecule has 0 heterocycles. The summed E-state index contributed by atoms with van der Waals surface area (Å²) < 4.78 is 0. The Labute approximate surface area is 155 Å². The monoisotopic (exact) mass is 349 g/mol. The maximum absolute atomic E-state index is 9.11. The molecular weight excluding hydrogens is 310 g/mol. The van der Waals surface area contributed by atoms with E-state index in [1.165, 1.54) is 16.8 Å². The molecular formula is C22H39NO2. The Bertz CT molecular complexity index is 469. The van der Waals surface area contributed by atoms with Crippen LogP contribution >= 0.6 is 0 Å². The van der Waals surface area contributed by atoms with Crippen molar-refractivity contribution in [3.05, 3.63) is 29.3 Å². The standard InChI is InChI=1S/C22H39NO2/c1-21(2,3)18-15-19(22(4,5)6)17-20(16-18)23(11-7-9-13-24)12-8-10-14-25/h15-17,24-25H,7-14H2,1-6H3. The lowest BCUT2D eigenvalue weighted by Crippen LogP contribution is -2.27. The van der Waals surface area contributed by atoms with Crippen LogP contribution in [0.2, 0.25) is 0 Å². The van der Waals surface area contributed by atoms with Crippen LogP contribution in [0.4, 0.5) is 5.69 Å². The zero-order valence-electron chi connectivity index (χ0n) is 17.2. The number of hydrogen-bond acceptors (Lipinski definition) is 3. The fraction of sp³-hybridized carbons (Fsp3) is 0.727. The van der Waals surface area contributed by atoms with Crippen molar-refractivity contribution in [1.29, 1.82) is 0 Å². The quantitative estimate of drug-likeness (QED) is 0.639. The third-order valence-corrected chi connectivity index (χ3v) is 4.69. The van der Waals surface area contributed by atoms with Gasteiger partial charge in [-0.05, 0) is 59.8 Å². The molecule has 1 rings (SSSR count). The predicted molar refractivity (Wildman–Crippen MR) is 109 cm³/mol. The second-order valence-corrected chi connectivity index (χ2v) is 9.12. The largest absolute Gasteiger partial charge is 0.396 e. The summed E-state index contributed by atoms with van der Waals surface area (Å²) in [7, 11) is 0. The summed E-state index contributed by atoms with van der Waals surface area (Å²) in [5, 5.41) is 18.2. The number of anilines is 1. The van der Waals surface area contributed by atoms with Gasteiger partial charge in [0.05, 0.1) is 0 Å². The summed E-state index contributed by atoms with van der Waals surface area (Å²) in [4.78, 5) is 2.43. The summed E-state index contributed by atoms with van der Waals surface area (Å²) >= 11 is 0. The number of aliphatic hydroxyl groups is 2. The van der Waals surface area contributed by atoms with Gasteiger partial charge in [-0.2, -0.15) is 0 Å². The van der Waals surface area contributed by atoms with Crippen LogP contribution in [0.15, 0.2) is 18.2 Å². The Kier molecular flexibility index (Phi) is 8.43. The SMILES string of the molecule is CC(C)(C)c1cc(N(CCCCO)CCCCO)cc(C(C)(C)C)c1. The van der Waals surface area contributed by atoms with Gasteiger partial charge in [0.25, 0.3) is 0 Å². The van der Waals surface area contributed by atoms with Crippen molar-refractivity contribution in [3.63, 3.8) is 0 Å². The summed E-state index contributed by atoms with van der Waals surface area (Å²) in [6.45, 7) is 16.0. The Morgan fingerprint density at radius 1 is 0.680 bits per heavy atom. The minimum Gasteiger partial charge on any atom is -0.396 e. The van der Waals surface area contributed by atoms with Crippen molar-refractivity contribution in [2.75, 3.05) is 31.2 Å². The fourth-order valence-electron chi connectivity index (χ4n) is 2.86. The molecule has 0 aliphatic heterocycles. The fourth-order valence-corrected chi connectivity index (χ4v) is 2.86. The Morgan fingerprint density at radius 2 is 1.08 bits per heavy atom. The molecule has 0 saturated carbocycles. The van der Waals surface area contributed by atoms with E-state index in [0.717, 1.165) is 38.8 Å². The minimum atomic E-state index is 0.109. The minimum absolute atomic E-state index is 0.109. The van der Waals surface area contributed by atoms with E-state index in [-0.39, 0.29) is 24.0 Å². The topological polar surface area (TPSA) is 43.7 Å². The van der Waals surface area contributed by atoms with E-state index < -0.39 is 0 Å². The average Bonchev–Trinajstić information content (AvgIpc) is 2.51. The Balaban J connectivity index is 3.20. The second-order valence-electron chi connectivity index (χ2n) is 9.12. The van der Waals surface area contributed by atoms with Crippen LogP contribution < -0.4 is 4.90 Å². The van der Waals surface area contributed by atoms with Gasteiger partial charge in [-0.1, -0.05) is 47.6 Å². The lowest BCUT2D eigenvalue weighted by atomic mass is 9.80. The van der Waals surface area contributed by atoms with E-state index in [9.17, 15) is 0 Å². The molecule has 3 heteroatoms. The van der Waals surface area contributed by atoms with Gasteiger partial charge in [-0.15, -0.1) is 0 Å². The normalized spacial score (nSPS) is 12.5. The third-order valence-electron chi connectivity index (χ3n) is 4.69. The first-order chi connectivity index (χ1) is 11.6. The van der Waals surface area contributed by atoms with E-state index in [1.54, 1.807) is 0 Å². The first-order valence-electron chi connectivity index (χ1n) is 9.72. The van der Waals surface area contributed by atoms with E-state index in [1.807, 2.05) is 0 Å². The summed E-state index contributed by atoms with van der Waals surface area (Å²) in [5.74, 6) is 0. The van der Waals surface area contributed by atoms with Crippen molar-refractivity contribution < 1.29 is 10.2 Å². The molecule has 0 amide bonds. The van der Waals surface area contributed by atoms with Gasteiger partial charge in [0.15, 0.2) is 0 Å². The average molecular weight is 350 g/mol. The van der Waals surface area contributed by atoms with E-state index in [4.69, 9.17) is 10.2 Å². The number of aliphatic hydroxyl groups excluding tert-OH is 2. The van der Waals surface area contributed by atoms with Crippen LogP contribution in [0, 0.1) is 0 Å². The van der Waals surface area contributed by atoms with Crippen molar-refractivity contribution >= 4 is 5.69 Å². The number of unbranched alkanes of at least 4 members (excludes halogenated alkanes) is 2. The van der Waals surface area contributed by atoms with Crippen molar-refractivity contribution in [3.8, 4) is 0 Å². The highest BCUT2D eigenvalue weighted by atomic mass is 16.3. The van der Waals surface area contributed by atoms with Crippen LogP contribution in [0.25, 0.3) is 0 Å². The van der Waals surface area contributed by atoms with Gasteiger partial charge in [0.2, 0.25) is 0 Å². The molecule has 0 aliphatic rings. The van der Waals surface area contributed by atoms with Crippen LogP contribution in [0.5, 0.6) is 0 Å². The van der Waals surface area contributed by atoms with Gasteiger partial charge in [0.1, 0.15) is 0 Å². The molecule has 0 bridgehead atoms. The van der Waals surface area contributed by atoms with Gasteiger partial charge >= 0.3 is 0 Å². The van der Waals surface area contributed by atoms with Gasteiger partial charge in [-0.25, -0.2) is 0 Å². The van der Waals surface area contributed by atoms with Crippen molar-refractivity contribution in [2.45, 2.75) is 78.1 Å². The number of nitrogens with zero attached hydrogens (tertiary/aromatic N) is 1. The molecule has 0 spiro atoms. The molecule has 0 atom stereocenters. The van der Waals surface area contributed by atoms with E-state index in [2.05, 4.69) is 64.6 Å². The number of benzene rings is 1. The van der Waals surface area contributed by atoms with E-state index >= 15 is 0 Å². The highest BCUT2D eigenvalue weighted by Crippen LogP contribution is 2.33. The molecule has 25 heavy (non-hydrogen) atoms. The van der Waals surface area contributed by atoms with Crippen LogP contribution in [0.1, 0.15) is 78.4 Å². The van der Waals surface area contributed by atoms with Crippen molar-refractivity contribution in [2.24, 2.45) is 0 Å². The number of rotatable bonds is 9. The molecule has 0 saturated heterocycles. The Hall–Kier alpha value is -1.06. The predicted octanol–water partition coefficient (Wildman–Crippen LogP) is 4.63. The molecule has 2 N–H and O–H groups in total. The molecule has 1 aromatic rings. The maximum atomic E-state index is 9.11. The lowest BCUT2D eigenvalue weighted by Gasteiger charge is -2.31. The summed E-state index contributed by atoms with van der Waals surface area (Å²) in [6, 6.07) is 7.00. The number of hydrogen-bond donors (Lipinski definition) is 2. The van der Waals surface area contributed by atoms with E-state index in [0.29, 0.717) is 0 Å². The smallest absolute Gasteiger partial charge is 0.0431 e. The third kappa shape index (κ3) is 7.37. The zero-order chi connectivity index (χ0) is 19.1. The van der Waals surface area contributed by atoms with Crippen LogP contribution in [-0.4, -0.2) is 36.5 Å². The Morgan fingerprint density at radius 3 is 1.40 bits per heavy atom. The zero-order valence-corrected chi connectivity index (χ0v) is 17.2. The molecule has 0 aliphatic carbocycles. The summed E-state index contributed by atoms with van der Waals surface area (Å²) in [6.07, 6.45) is 3.64. The highest BCUT2D eigenvalue weighted by Gasteiger charge is 2.22. The lowest BCUT2D eigenvalue weighted by molar-refractivity contribution is 0.282. The van der Waals surface area contributed by atoms with Gasteiger partial charge in [0, 0.05) is 32.0 Å². The molecule has 0 radical (unpaired) electrons. The first-order valence-corrected chi connectivity index (χ1v) is 9.72. The highest BCUT2D eigenvalue weighted by molar-refractivity contribution is 5.54. The molecule has 0 unspecified atom stereocenters. The molecule has 0 fully saturated rings. The van der Waals surface area contributed by atoms with Gasteiger partial charge < -0.3 is 15.1 Å². The molecule has 1 aromatic carbocycles. The molecule has 3 nitrogen and oxygen atoms in total. The molecule has 144 valence electrons.